The van der Waals surface area contributed by atoms with E-state index in [-0.39, 0.29) is 24.7 Å². The van der Waals surface area contributed by atoms with E-state index in [1.54, 1.807) is 62.1 Å². The summed E-state index contributed by atoms with van der Waals surface area (Å²) < 4.78 is 24.4. The molecule has 0 aliphatic carbocycles. The Labute approximate surface area is 259 Å². The predicted octanol–water partition coefficient (Wildman–Crippen LogP) is 3.60. The number of hydrogen-bond acceptors (Lipinski definition) is 9. The number of methoxy groups -OCH3 is 2. The molecule has 3 heterocycles. The number of nitrogens with zero attached hydrogens (tertiary/aromatic N) is 3. The number of amides is 1. The highest BCUT2D eigenvalue weighted by Gasteiger charge is 2.36. The molecule has 5 rings (SSSR count). The minimum Gasteiger partial charge on any atom is -0.497 e. The number of carbonyl (C=O) groups is 2. The monoisotopic (exact) mass is 619 g/mol. The second-order valence-corrected chi connectivity index (χ2v) is 11.5. The molecule has 11 heteroatoms. The number of likely N-dealkylation sites (tertiary alicyclic amines) is 1. The largest absolute Gasteiger partial charge is 0.497 e. The maximum absolute atomic E-state index is 14.1. The van der Waals surface area contributed by atoms with Gasteiger partial charge in [0, 0.05) is 18.7 Å². The van der Waals surface area contributed by atoms with Crippen LogP contribution < -0.4 is 29.1 Å². The van der Waals surface area contributed by atoms with Gasteiger partial charge in [0.15, 0.2) is 11.4 Å². The molecule has 232 valence electrons. The molecule has 1 fully saturated rings. The number of aromatic nitrogens is 1. The van der Waals surface area contributed by atoms with Crippen molar-refractivity contribution >= 4 is 29.3 Å². The van der Waals surface area contributed by atoms with Gasteiger partial charge in [0.2, 0.25) is 0 Å². The van der Waals surface area contributed by atoms with Crippen molar-refractivity contribution in [2.24, 2.45) is 4.99 Å². The molecular formula is C33H37N3O7S. The number of hydrogen-bond donors (Lipinski definition) is 0. The third-order valence-electron chi connectivity index (χ3n) is 7.62. The Morgan fingerprint density at radius 2 is 1.75 bits per heavy atom. The average Bonchev–Trinajstić information content (AvgIpc) is 3.68. The smallest absolute Gasteiger partial charge is 0.338 e. The lowest BCUT2D eigenvalue weighted by Gasteiger charge is -2.27. The first-order valence-corrected chi connectivity index (χ1v) is 15.6. The first kappa shape index (κ1) is 31.1. The minimum absolute atomic E-state index is 0.00538. The molecule has 2 aliphatic heterocycles. The topological polar surface area (TPSA) is 109 Å². The highest BCUT2D eigenvalue weighted by atomic mass is 32.1. The van der Waals surface area contributed by atoms with E-state index in [9.17, 15) is 14.4 Å². The molecule has 44 heavy (non-hydrogen) atoms. The molecule has 0 saturated carbocycles. The van der Waals surface area contributed by atoms with Crippen LogP contribution >= 0.6 is 11.3 Å². The van der Waals surface area contributed by atoms with Gasteiger partial charge in [-0.3, -0.25) is 14.2 Å². The average molecular weight is 620 g/mol. The van der Waals surface area contributed by atoms with Crippen LogP contribution in [-0.4, -0.2) is 61.9 Å². The molecule has 0 spiro atoms. The third kappa shape index (κ3) is 6.42. The van der Waals surface area contributed by atoms with Crippen molar-refractivity contribution in [2.75, 3.05) is 40.5 Å². The van der Waals surface area contributed by atoms with Gasteiger partial charge in [-0.05, 0) is 68.2 Å². The first-order chi connectivity index (χ1) is 21.4. The van der Waals surface area contributed by atoms with Crippen LogP contribution in [0.15, 0.2) is 63.5 Å². The normalized spacial score (nSPS) is 16.4. The molecule has 2 aromatic carbocycles. The van der Waals surface area contributed by atoms with Crippen molar-refractivity contribution in [3.63, 3.8) is 0 Å². The number of rotatable bonds is 11. The number of ether oxygens (including phenoxy) is 4. The molecular weight excluding hydrogens is 582 g/mol. The van der Waals surface area contributed by atoms with Gasteiger partial charge in [-0.2, -0.15) is 0 Å². The Hall–Kier alpha value is -4.38. The van der Waals surface area contributed by atoms with Gasteiger partial charge in [0.25, 0.3) is 11.5 Å². The summed E-state index contributed by atoms with van der Waals surface area (Å²) in [5.74, 6) is 1.10. The number of allylic oxidation sites excluding steroid dienone is 1. The van der Waals surface area contributed by atoms with Gasteiger partial charge in [-0.25, -0.2) is 9.79 Å². The van der Waals surface area contributed by atoms with Crippen molar-refractivity contribution in [3.05, 3.63) is 84.5 Å². The SMILES string of the molecule is CCCC1=C(C(=O)OCC)[C@@H](c2cc(OC)ccc2OC)n2c(s/c(=C\c3ccc(OCC(=O)N4CCCC4)cc3)c2=O)=N1. The highest BCUT2D eigenvalue weighted by molar-refractivity contribution is 7.07. The fourth-order valence-electron chi connectivity index (χ4n) is 5.48. The summed E-state index contributed by atoms with van der Waals surface area (Å²) in [7, 11) is 3.11. The third-order valence-corrected chi connectivity index (χ3v) is 8.61. The number of fused-ring (bicyclic) bond motifs is 1. The van der Waals surface area contributed by atoms with Crippen LogP contribution in [0.2, 0.25) is 0 Å². The van der Waals surface area contributed by atoms with Crippen molar-refractivity contribution in [1.29, 1.82) is 0 Å². The Morgan fingerprint density at radius 3 is 2.41 bits per heavy atom. The van der Waals surface area contributed by atoms with Crippen LogP contribution in [0.3, 0.4) is 0 Å². The zero-order valence-electron chi connectivity index (χ0n) is 25.5. The van der Waals surface area contributed by atoms with E-state index in [0.717, 1.165) is 37.9 Å². The van der Waals surface area contributed by atoms with Gasteiger partial charge in [-0.1, -0.05) is 36.8 Å². The van der Waals surface area contributed by atoms with Crippen LogP contribution in [-0.2, 0) is 14.3 Å². The van der Waals surface area contributed by atoms with Crippen molar-refractivity contribution in [1.82, 2.24) is 9.47 Å². The molecule has 3 aromatic rings. The molecule has 0 radical (unpaired) electrons. The van der Waals surface area contributed by atoms with E-state index in [2.05, 4.69) is 0 Å². The highest BCUT2D eigenvalue weighted by Crippen LogP contribution is 2.38. The summed E-state index contributed by atoms with van der Waals surface area (Å²) >= 11 is 1.26. The molecule has 1 atom stereocenters. The summed E-state index contributed by atoms with van der Waals surface area (Å²) in [5.41, 5.74) is 1.97. The molecule has 2 aliphatic rings. The van der Waals surface area contributed by atoms with Gasteiger partial charge < -0.3 is 23.8 Å². The lowest BCUT2D eigenvalue weighted by Crippen LogP contribution is -2.40. The van der Waals surface area contributed by atoms with Crippen LogP contribution in [0.1, 0.15) is 56.7 Å². The van der Waals surface area contributed by atoms with Crippen molar-refractivity contribution < 1.29 is 28.5 Å². The summed E-state index contributed by atoms with van der Waals surface area (Å²) in [6.45, 7) is 5.50. The number of thiazole rings is 1. The minimum atomic E-state index is -0.831. The van der Waals surface area contributed by atoms with E-state index in [1.807, 2.05) is 24.0 Å². The molecule has 1 amide bonds. The Balaban J connectivity index is 1.56. The van der Waals surface area contributed by atoms with E-state index in [0.29, 0.717) is 49.8 Å². The lowest BCUT2D eigenvalue weighted by molar-refractivity contribution is -0.139. The van der Waals surface area contributed by atoms with Crippen LogP contribution in [0.4, 0.5) is 0 Å². The molecule has 1 saturated heterocycles. The fraction of sp³-hybridized carbons (Fsp3) is 0.394. The maximum atomic E-state index is 14.1. The summed E-state index contributed by atoms with van der Waals surface area (Å²) in [4.78, 5) is 47.0. The second-order valence-electron chi connectivity index (χ2n) is 10.5. The van der Waals surface area contributed by atoms with E-state index in [4.69, 9.17) is 23.9 Å². The Kier molecular flexibility index (Phi) is 9.84. The maximum Gasteiger partial charge on any atom is 0.338 e. The van der Waals surface area contributed by atoms with Crippen LogP contribution in [0.25, 0.3) is 6.08 Å². The second kappa shape index (κ2) is 13.9. The molecule has 1 aromatic heterocycles. The fourth-order valence-corrected chi connectivity index (χ4v) is 6.50. The van der Waals surface area contributed by atoms with Crippen molar-refractivity contribution in [3.8, 4) is 17.2 Å². The van der Waals surface area contributed by atoms with Gasteiger partial charge >= 0.3 is 5.97 Å². The van der Waals surface area contributed by atoms with Gasteiger partial charge in [-0.15, -0.1) is 0 Å². The standard InChI is InChI=1S/C33H37N3O7S/c1-5-9-25-29(32(39)42-6-2)30(24-19-23(40-3)14-15-26(24)41-4)36-31(38)27(44-33(36)34-25)18-21-10-12-22(13-11-21)43-20-28(37)35-16-7-8-17-35/h10-15,18-19,30H,5-9,16-17,20H2,1-4H3/b27-18-/t30-/m1/s1. The van der Waals surface area contributed by atoms with E-state index in [1.165, 1.54) is 11.3 Å². The van der Waals surface area contributed by atoms with Gasteiger partial charge in [0.05, 0.1) is 36.6 Å². The Bertz CT molecular complexity index is 1730. The molecule has 0 bridgehead atoms. The van der Waals surface area contributed by atoms with Crippen LogP contribution in [0.5, 0.6) is 17.2 Å². The predicted molar refractivity (Wildman–Crippen MR) is 167 cm³/mol. The van der Waals surface area contributed by atoms with Crippen LogP contribution in [0, 0.1) is 0 Å². The number of esters is 1. The van der Waals surface area contributed by atoms with E-state index < -0.39 is 12.0 Å². The zero-order valence-corrected chi connectivity index (χ0v) is 26.3. The number of carbonyl (C=O) groups excluding carboxylic acids is 2. The summed E-state index contributed by atoms with van der Waals surface area (Å²) in [6, 6.07) is 11.7. The molecule has 0 unspecified atom stereocenters. The zero-order chi connectivity index (χ0) is 31.2. The first-order valence-electron chi connectivity index (χ1n) is 14.8. The van der Waals surface area contributed by atoms with E-state index >= 15 is 0 Å². The van der Waals surface area contributed by atoms with Gasteiger partial charge in [0.1, 0.15) is 23.3 Å². The summed E-state index contributed by atoms with van der Waals surface area (Å²) in [5, 5.41) is 0. The number of benzene rings is 2. The molecule has 0 N–H and O–H groups in total. The summed E-state index contributed by atoms with van der Waals surface area (Å²) in [6.07, 6.45) is 5.13. The Morgan fingerprint density at radius 1 is 1.02 bits per heavy atom. The lowest BCUT2D eigenvalue weighted by atomic mass is 9.93. The quantitative estimate of drug-likeness (QED) is 0.302. The molecule has 10 nitrogen and oxygen atoms in total. The van der Waals surface area contributed by atoms with Crippen molar-refractivity contribution in [2.45, 2.75) is 45.6 Å².